The molecule has 2 unspecified atom stereocenters. The minimum atomic E-state index is 0.961. The van der Waals surface area contributed by atoms with Gasteiger partial charge in [0, 0.05) is 25.2 Å². The first kappa shape index (κ1) is 10.8. The Balaban J connectivity index is 1.56. The highest BCUT2D eigenvalue weighted by Gasteiger charge is 2.46. The van der Waals surface area contributed by atoms with Crippen molar-refractivity contribution in [1.29, 1.82) is 0 Å². The molecule has 4 aliphatic heterocycles. The Morgan fingerprint density at radius 3 is 1.71 bits per heavy atom. The van der Waals surface area contributed by atoms with Gasteiger partial charge in [-0.1, -0.05) is 12.8 Å². The average Bonchev–Trinajstić information content (AvgIpc) is 2.39. The van der Waals surface area contributed by atoms with Crippen molar-refractivity contribution in [1.82, 2.24) is 9.80 Å². The highest BCUT2D eigenvalue weighted by Crippen LogP contribution is 2.42. The van der Waals surface area contributed by atoms with Crippen LogP contribution in [0.5, 0.6) is 0 Å². The van der Waals surface area contributed by atoms with Gasteiger partial charge in [0.05, 0.1) is 0 Å². The summed E-state index contributed by atoms with van der Waals surface area (Å²) in [6, 6.07) is 1.92. The van der Waals surface area contributed by atoms with Gasteiger partial charge in [0.1, 0.15) is 0 Å². The Morgan fingerprint density at radius 1 is 0.647 bits per heavy atom. The van der Waals surface area contributed by atoms with Gasteiger partial charge in [-0.2, -0.15) is 0 Å². The average molecular weight is 234 g/mol. The van der Waals surface area contributed by atoms with E-state index in [1.807, 2.05) is 0 Å². The normalized spacial score (nSPS) is 47.3. The van der Waals surface area contributed by atoms with Crippen molar-refractivity contribution in [3.05, 3.63) is 0 Å². The molecule has 4 atom stereocenters. The quantitative estimate of drug-likeness (QED) is 0.635. The van der Waals surface area contributed by atoms with Gasteiger partial charge in [0.15, 0.2) is 0 Å². The van der Waals surface area contributed by atoms with E-state index in [4.69, 9.17) is 0 Å². The molecule has 0 saturated carbocycles. The number of rotatable bonds is 0. The van der Waals surface area contributed by atoms with Gasteiger partial charge in [-0.15, -0.1) is 0 Å². The minimum absolute atomic E-state index is 0.961. The lowest BCUT2D eigenvalue weighted by Gasteiger charge is -2.57. The summed E-state index contributed by atoms with van der Waals surface area (Å²) in [5, 5.41) is 0. The largest absolute Gasteiger partial charge is 0.300 e. The lowest BCUT2D eigenvalue weighted by Crippen LogP contribution is -2.63. The topological polar surface area (TPSA) is 6.48 Å². The van der Waals surface area contributed by atoms with Crippen molar-refractivity contribution in [2.24, 2.45) is 11.8 Å². The molecule has 0 aromatic rings. The second kappa shape index (κ2) is 4.24. The molecule has 2 heteroatoms. The second-order valence-corrected chi connectivity index (χ2v) is 6.87. The lowest BCUT2D eigenvalue weighted by atomic mass is 9.71. The van der Waals surface area contributed by atoms with Crippen LogP contribution in [0, 0.1) is 11.8 Å². The van der Waals surface area contributed by atoms with Crippen LogP contribution in [-0.2, 0) is 0 Å². The molecule has 4 rings (SSSR count). The van der Waals surface area contributed by atoms with Crippen LogP contribution < -0.4 is 0 Å². The summed E-state index contributed by atoms with van der Waals surface area (Å²) < 4.78 is 0. The Morgan fingerprint density at radius 2 is 1.18 bits per heavy atom. The number of fused-ring (bicyclic) bond motifs is 6. The van der Waals surface area contributed by atoms with Crippen LogP contribution in [0.1, 0.15) is 44.9 Å². The molecule has 2 bridgehead atoms. The maximum absolute atomic E-state index is 2.87. The van der Waals surface area contributed by atoms with E-state index in [0.717, 1.165) is 23.9 Å². The van der Waals surface area contributed by atoms with Gasteiger partial charge >= 0.3 is 0 Å². The maximum atomic E-state index is 2.87. The molecular formula is C15H26N2. The van der Waals surface area contributed by atoms with E-state index in [2.05, 4.69) is 9.80 Å². The van der Waals surface area contributed by atoms with Gasteiger partial charge in [0.25, 0.3) is 0 Å². The molecular weight excluding hydrogens is 208 g/mol. The number of piperidine rings is 4. The predicted molar refractivity (Wildman–Crippen MR) is 70.0 cm³/mol. The van der Waals surface area contributed by atoms with Crippen molar-refractivity contribution in [3.8, 4) is 0 Å². The van der Waals surface area contributed by atoms with Crippen LogP contribution >= 0.6 is 0 Å². The summed E-state index contributed by atoms with van der Waals surface area (Å²) in [6.07, 6.45) is 10.5. The van der Waals surface area contributed by atoms with Crippen LogP contribution in [0.25, 0.3) is 0 Å². The molecule has 0 N–H and O–H groups in total. The molecule has 0 amide bonds. The molecule has 4 saturated heterocycles. The third-order valence-corrected chi connectivity index (χ3v) is 5.96. The number of nitrogens with zero attached hydrogens (tertiary/aromatic N) is 2. The first-order valence-corrected chi connectivity index (χ1v) is 7.90. The Kier molecular flexibility index (Phi) is 2.69. The second-order valence-electron chi connectivity index (χ2n) is 6.87. The zero-order valence-electron chi connectivity index (χ0n) is 11.0. The zero-order valence-corrected chi connectivity index (χ0v) is 11.0. The van der Waals surface area contributed by atoms with Crippen LogP contribution in [0.2, 0.25) is 0 Å². The summed E-state index contributed by atoms with van der Waals surface area (Å²) in [5.41, 5.74) is 0. The van der Waals surface area contributed by atoms with Crippen LogP contribution in [0.15, 0.2) is 0 Å². The van der Waals surface area contributed by atoms with Crippen molar-refractivity contribution in [2.75, 3.05) is 26.2 Å². The summed E-state index contributed by atoms with van der Waals surface area (Å²) in [6.45, 7) is 5.68. The van der Waals surface area contributed by atoms with E-state index in [9.17, 15) is 0 Å². The zero-order chi connectivity index (χ0) is 11.2. The molecule has 0 aliphatic carbocycles. The van der Waals surface area contributed by atoms with E-state index in [1.165, 1.54) is 64.7 Å². The monoisotopic (exact) mass is 234 g/mol. The predicted octanol–water partition coefficient (Wildman–Crippen LogP) is 2.35. The van der Waals surface area contributed by atoms with Crippen molar-refractivity contribution >= 4 is 0 Å². The van der Waals surface area contributed by atoms with Gasteiger partial charge in [-0.25, -0.2) is 0 Å². The van der Waals surface area contributed by atoms with Crippen molar-refractivity contribution in [3.63, 3.8) is 0 Å². The molecule has 0 spiro atoms. The van der Waals surface area contributed by atoms with E-state index in [-0.39, 0.29) is 0 Å². The van der Waals surface area contributed by atoms with Gasteiger partial charge in [-0.3, -0.25) is 9.80 Å². The number of hydrogen-bond donors (Lipinski definition) is 0. The van der Waals surface area contributed by atoms with Gasteiger partial charge in [0.2, 0.25) is 0 Å². The SMILES string of the molecule is C1CCN2C[C@H]3CC(CN4CCCC[C@H]34)C2C1. The number of hydrogen-bond acceptors (Lipinski definition) is 2. The molecule has 0 radical (unpaired) electrons. The fourth-order valence-corrected chi connectivity index (χ4v) is 5.25. The molecule has 0 aromatic carbocycles. The smallest absolute Gasteiger partial charge is 0.0136 e. The Hall–Kier alpha value is -0.0800. The molecule has 2 nitrogen and oxygen atoms in total. The Labute approximate surface area is 105 Å². The summed E-state index contributed by atoms with van der Waals surface area (Å²) in [5.74, 6) is 2.03. The minimum Gasteiger partial charge on any atom is -0.300 e. The van der Waals surface area contributed by atoms with Crippen LogP contribution in [-0.4, -0.2) is 48.1 Å². The third-order valence-electron chi connectivity index (χ3n) is 5.96. The van der Waals surface area contributed by atoms with Gasteiger partial charge < -0.3 is 0 Å². The summed E-state index contributed by atoms with van der Waals surface area (Å²) in [7, 11) is 0. The molecule has 96 valence electrons. The van der Waals surface area contributed by atoms with E-state index in [1.54, 1.807) is 6.42 Å². The highest BCUT2D eigenvalue weighted by molar-refractivity contribution is 5.00. The molecule has 4 aliphatic rings. The summed E-state index contributed by atoms with van der Waals surface area (Å²) >= 11 is 0. The lowest BCUT2D eigenvalue weighted by molar-refractivity contribution is -0.0718. The van der Waals surface area contributed by atoms with Crippen molar-refractivity contribution in [2.45, 2.75) is 57.0 Å². The van der Waals surface area contributed by atoms with Crippen molar-refractivity contribution < 1.29 is 0 Å². The molecule has 4 fully saturated rings. The standard InChI is InChI=1S/C15H26N2/c1-3-7-16-11-13-9-12(14(16)5-1)10-17-8-4-2-6-15(13)17/h12-15H,1-11H2/t12-,13?,14-,15?/m1/s1. The molecule has 0 aromatic heterocycles. The first-order chi connectivity index (χ1) is 8.42. The third kappa shape index (κ3) is 1.76. The summed E-state index contributed by atoms with van der Waals surface area (Å²) in [4.78, 5) is 5.74. The highest BCUT2D eigenvalue weighted by atomic mass is 15.3. The Bertz CT molecular complexity index is 263. The molecule has 17 heavy (non-hydrogen) atoms. The van der Waals surface area contributed by atoms with Crippen LogP contribution in [0.4, 0.5) is 0 Å². The fraction of sp³-hybridized carbons (Fsp3) is 1.00. The van der Waals surface area contributed by atoms with E-state index >= 15 is 0 Å². The van der Waals surface area contributed by atoms with E-state index in [0.29, 0.717) is 0 Å². The fourth-order valence-electron chi connectivity index (χ4n) is 5.25. The van der Waals surface area contributed by atoms with Gasteiger partial charge in [-0.05, 0) is 57.0 Å². The molecule has 4 heterocycles. The maximum Gasteiger partial charge on any atom is 0.0136 e. The van der Waals surface area contributed by atoms with E-state index < -0.39 is 0 Å². The first-order valence-electron chi connectivity index (χ1n) is 7.90. The van der Waals surface area contributed by atoms with Crippen LogP contribution in [0.3, 0.4) is 0 Å².